The summed E-state index contributed by atoms with van der Waals surface area (Å²) in [5.41, 5.74) is 2.69. The molecule has 2 aliphatic rings. The Bertz CT molecular complexity index is 429. The number of carbonyl (C=O) groups is 1. The molecule has 1 fully saturated rings. The quantitative estimate of drug-likeness (QED) is 0.762. The molecule has 0 saturated heterocycles. The molecule has 3 rings (SSSR count). The van der Waals surface area contributed by atoms with E-state index in [0.717, 1.165) is 38.4 Å². The minimum Gasteiger partial charge on any atom is -0.356 e. The Morgan fingerprint density at radius 1 is 1.11 bits per heavy atom. The molecule has 3 nitrogen and oxygen atoms in total. The molecule has 0 spiro atoms. The first-order valence-electron chi connectivity index (χ1n) is 7.41. The second-order valence-corrected chi connectivity index (χ2v) is 5.75. The standard InChI is InChI=1S/C16H22N2O/c19-16(18-9-3-8-17-15-6-7-15)14-10-12-4-1-2-5-13(12)11-14/h1-2,4-5,14-15,17H,3,6-11H2,(H,18,19). The van der Waals surface area contributed by atoms with E-state index in [0.29, 0.717) is 0 Å². The lowest BCUT2D eigenvalue weighted by Gasteiger charge is -2.10. The van der Waals surface area contributed by atoms with Gasteiger partial charge in [0.25, 0.3) is 0 Å². The zero-order valence-corrected chi connectivity index (χ0v) is 11.3. The zero-order valence-electron chi connectivity index (χ0n) is 11.3. The summed E-state index contributed by atoms with van der Waals surface area (Å²) in [6.45, 7) is 1.82. The number of hydrogen-bond donors (Lipinski definition) is 2. The van der Waals surface area contributed by atoms with Crippen molar-refractivity contribution in [2.45, 2.75) is 38.1 Å². The van der Waals surface area contributed by atoms with E-state index in [1.54, 1.807) is 0 Å². The number of hydrogen-bond acceptors (Lipinski definition) is 2. The van der Waals surface area contributed by atoms with E-state index in [2.05, 4.69) is 34.9 Å². The lowest BCUT2D eigenvalue weighted by molar-refractivity contribution is -0.124. The van der Waals surface area contributed by atoms with Gasteiger partial charge in [0.1, 0.15) is 0 Å². The van der Waals surface area contributed by atoms with Crippen molar-refractivity contribution in [1.29, 1.82) is 0 Å². The lowest BCUT2D eigenvalue weighted by Crippen LogP contribution is -2.33. The van der Waals surface area contributed by atoms with E-state index < -0.39 is 0 Å². The second kappa shape index (κ2) is 5.74. The van der Waals surface area contributed by atoms with Crippen LogP contribution in [0.4, 0.5) is 0 Å². The summed E-state index contributed by atoms with van der Waals surface area (Å²) < 4.78 is 0. The van der Waals surface area contributed by atoms with Crippen LogP contribution in [0.2, 0.25) is 0 Å². The maximum absolute atomic E-state index is 12.1. The Hall–Kier alpha value is -1.35. The van der Waals surface area contributed by atoms with Gasteiger partial charge in [0.15, 0.2) is 0 Å². The topological polar surface area (TPSA) is 41.1 Å². The van der Waals surface area contributed by atoms with Gasteiger partial charge in [-0.25, -0.2) is 0 Å². The number of fused-ring (bicyclic) bond motifs is 1. The molecule has 102 valence electrons. The molecule has 0 atom stereocenters. The summed E-state index contributed by atoms with van der Waals surface area (Å²) in [6, 6.07) is 9.16. The van der Waals surface area contributed by atoms with Crippen molar-refractivity contribution < 1.29 is 4.79 Å². The Kier molecular flexibility index (Phi) is 3.83. The average molecular weight is 258 g/mol. The molecule has 0 aliphatic heterocycles. The predicted octanol–water partition coefficient (Wildman–Crippen LogP) is 1.66. The molecule has 3 heteroatoms. The fraction of sp³-hybridized carbons (Fsp3) is 0.562. The molecule has 0 radical (unpaired) electrons. The van der Waals surface area contributed by atoms with Gasteiger partial charge in [-0.05, 0) is 49.8 Å². The van der Waals surface area contributed by atoms with Crippen molar-refractivity contribution >= 4 is 5.91 Å². The first kappa shape index (κ1) is 12.7. The number of amides is 1. The van der Waals surface area contributed by atoms with E-state index in [1.165, 1.54) is 24.0 Å². The molecular weight excluding hydrogens is 236 g/mol. The molecule has 0 unspecified atom stereocenters. The van der Waals surface area contributed by atoms with Gasteiger partial charge in [0, 0.05) is 18.5 Å². The minimum atomic E-state index is 0.147. The van der Waals surface area contributed by atoms with Gasteiger partial charge in [-0.1, -0.05) is 24.3 Å². The van der Waals surface area contributed by atoms with Crippen LogP contribution in [0.15, 0.2) is 24.3 Å². The van der Waals surface area contributed by atoms with Crippen LogP contribution in [0.25, 0.3) is 0 Å². The molecule has 0 aromatic heterocycles. The number of nitrogens with one attached hydrogen (secondary N) is 2. The molecule has 1 saturated carbocycles. The van der Waals surface area contributed by atoms with Gasteiger partial charge in [0.2, 0.25) is 5.91 Å². The number of benzene rings is 1. The van der Waals surface area contributed by atoms with E-state index in [4.69, 9.17) is 0 Å². The van der Waals surface area contributed by atoms with Crippen LogP contribution in [0.5, 0.6) is 0 Å². The summed E-state index contributed by atoms with van der Waals surface area (Å²) in [6.07, 6.45) is 5.49. The highest BCUT2D eigenvalue weighted by molar-refractivity contribution is 5.80. The van der Waals surface area contributed by atoms with E-state index in [9.17, 15) is 4.79 Å². The predicted molar refractivity (Wildman–Crippen MR) is 76.0 cm³/mol. The monoisotopic (exact) mass is 258 g/mol. The van der Waals surface area contributed by atoms with Crippen molar-refractivity contribution in [3.63, 3.8) is 0 Å². The lowest BCUT2D eigenvalue weighted by atomic mass is 10.1. The molecule has 1 aromatic rings. The SMILES string of the molecule is O=C(NCCCNC1CC1)C1Cc2ccccc2C1. The van der Waals surface area contributed by atoms with Gasteiger partial charge in [0.05, 0.1) is 0 Å². The Balaban J connectivity index is 1.37. The second-order valence-electron chi connectivity index (χ2n) is 5.75. The maximum Gasteiger partial charge on any atom is 0.223 e. The summed E-state index contributed by atoms with van der Waals surface area (Å²) in [7, 11) is 0. The van der Waals surface area contributed by atoms with E-state index >= 15 is 0 Å². The third-order valence-corrected chi connectivity index (χ3v) is 4.08. The summed E-state index contributed by atoms with van der Waals surface area (Å²) in [4.78, 5) is 12.1. The number of rotatable bonds is 6. The summed E-state index contributed by atoms with van der Waals surface area (Å²) in [5, 5.41) is 6.54. The largest absolute Gasteiger partial charge is 0.356 e. The average Bonchev–Trinajstić information content (AvgIpc) is 3.14. The van der Waals surface area contributed by atoms with Crippen molar-refractivity contribution in [1.82, 2.24) is 10.6 Å². The van der Waals surface area contributed by atoms with Crippen LogP contribution in [-0.2, 0) is 17.6 Å². The van der Waals surface area contributed by atoms with Crippen LogP contribution >= 0.6 is 0 Å². The highest BCUT2D eigenvalue weighted by Gasteiger charge is 2.26. The maximum atomic E-state index is 12.1. The Morgan fingerprint density at radius 2 is 1.79 bits per heavy atom. The third-order valence-electron chi connectivity index (χ3n) is 4.08. The van der Waals surface area contributed by atoms with Gasteiger partial charge < -0.3 is 10.6 Å². The van der Waals surface area contributed by atoms with Crippen molar-refractivity contribution in [2.75, 3.05) is 13.1 Å². The highest BCUT2D eigenvalue weighted by Crippen LogP contribution is 2.26. The van der Waals surface area contributed by atoms with Gasteiger partial charge in [-0.15, -0.1) is 0 Å². The molecule has 2 aliphatic carbocycles. The molecule has 1 aromatic carbocycles. The van der Waals surface area contributed by atoms with Crippen LogP contribution in [0.1, 0.15) is 30.4 Å². The molecule has 19 heavy (non-hydrogen) atoms. The molecule has 0 heterocycles. The summed E-state index contributed by atoms with van der Waals surface area (Å²) >= 11 is 0. The Labute approximate surface area is 114 Å². The first-order chi connectivity index (χ1) is 9.33. The minimum absolute atomic E-state index is 0.147. The van der Waals surface area contributed by atoms with Crippen LogP contribution in [-0.4, -0.2) is 25.0 Å². The fourth-order valence-corrected chi connectivity index (χ4v) is 2.78. The van der Waals surface area contributed by atoms with E-state index in [-0.39, 0.29) is 11.8 Å². The fourth-order valence-electron chi connectivity index (χ4n) is 2.78. The van der Waals surface area contributed by atoms with Gasteiger partial charge >= 0.3 is 0 Å². The van der Waals surface area contributed by atoms with Crippen molar-refractivity contribution in [2.24, 2.45) is 5.92 Å². The van der Waals surface area contributed by atoms with E-state index in [1.807, 2.05) is 0 Å². The van der Waals surface area contributed by atoms with Crippen LogP contribution < -0.4 is 10.6 Å². The normalized spacial score (nSPS) is 18.3. The first-order valence-corrected chi connectivity index (χ1v) is 7.41. The molecule has 0 bridgehead atoms. The highest BCUT2D eigenvalue weighted by atomic mass is 16.1. The summed E-state index contributed by atoms with van der Waals surface area (Å²) in [5.74, 6) is 0.372. The van der Waals surface area contributed by atoms with Crippen molar-refractivity contribution in [3.8, 4) is 0 Å². The number of carbonyl (C=O) groups excluding carboxylic acids is 1. The zero-order chi connectivity index (χ0) is 13.1. The van der Waals surface area contributed by atoms with Crippen LogP contribution in [0.3, 0.4) is 0 Å². The Morgan fingerprint density at radius 3 is 2.42 bits per heavy atom. The van der Waals surface area contributed by atoms with Crippen molar-refractivity contribution in [3.05, 3.63) is 35.4 Å². The molecular formula is C16H22N2O. The van der Waals surface area contributed by atoms with Gasteiger partial charge in [-0.2, -0.15) is 0 Å². The molecule has 1 amide bonds. The smallest absolute Gasteiger partial charge is 0.223 e. The van der Waals surface area contributed by atoms with Crippen LogP contribution in [0, 0.1) is 5.92 Å². The van der Waals surface area contributed by atoms with Gasteiger partial charge in [-0.3, -0.25) is 4.79 Å². The molecule has 2 N–H and O–H groups in total. The third kappa shape index (κ3) is 3.35.